The van der Waals surface area contributed by atoms with Gasteiger partial charge in [-0.15, -0.1) is 0 Å². The molecule has 0 aromatic carbocycles. The van der Waals surface area contributed by atoms with Crippen molar-refractivity contribution in [1.29, 1.82) is 0 Å². The molecule has 0 bridgehead atoms. The Balaban J connectivity index is 3.32. The molecule has 0 aliphatic rings. The topological polar surface area (TPSA) is 95.9 Å². The highest BCUT2D eigenvalue weighted by Gasteiger charge is 2.20. The van der Waals surface area contributed by atoms with Crippen LogP contribution in [-0.4, -0.2) is 47.4 Å². The molecule has 0 heterocycles. The molecule has 0 radical (unpaired) electrons. The van der Waals surface area contributed by atoms with E-state index >= 15 is 0 Å². The lowest BCUT2D eigenvalue weighted by atomic mass is 10.0. The van der Waals surface area contributed by atoms with E-state index in [4.69, 9.17) is 4.74 Å². The zero-order valence-corrected chi connectivity index (χ0v) is 57.4. The van der Waals surface area contributed by atoms with Crippen molar-refractivity contribution in [3.63, 3.8) is 0 Å². The Morgan fingerprint density at radius 1 is 0.321 bits per heavy atom. The Morgan fingerprint density at radius 2 is 0.560 bits per heavy atom. The lowest BCUT2D eigenvalue weighted by Gasteiger charge is -2.22. The lowest BCUT2D eigenvalue weighted by Crippen LogP contribution is -2.45. The SMILES string of the molecule is CCCCCCCCCCCCCCCCCCCC(O)C(CO)NC(=O)CCCCCCCCCCCCCCCCCCC/C=C\CCCCCCCCCCCCCCCCOC(=O)CCCCCCCCCCCCCCCCC. The van der Waals surface area contributed by atoms with Crippen LogP contribution in [0, 0.1) is 0 Å². The Labute approximate surface area is 527 Å². The van der Waals surface area contributed by atoms with Crippen molar-refractivity contribution in [3.05, 3.63) is 12.2 Å². The fraction of sp³-hybridized carbons (Fsp3) is 0.949. The van der Waals surface area contributed by atoms with Gasteiger partial charge in [0.1, 0.15) is 0 Å². The van der Waals surface area contributed by atoms with Gasteiger partial charge in [0.05, 0.1) is 25.4 Å². The smallest absolute Gasteiger partial charge is 0.305 e. The third kappa shape index (κ3) is 69.7. The number of amides is 1. The van der Waals surface area contributed by atoms with E-state index in [0.717, 1.165) is 38.5 Å². The Hall–Kier alpha value is -1.40. The summed E-state index contributed by atoms with van der Waals surface area (Å²) in [5.74, 6) is -0.00259. The van der Waals surface area contributed by atoms with E-state index in [9.17, 15) is 19.8 Å². The van der Waals surface area contributed by atoms with Crippen LogP contribution in [0.3, 0.4) is 0 Å². The summed E-state index contributed by atoms with van der Waals surface area (Å²) in [4.78, 5) is 24.6. The minimum absolute atomic E-state index is 0.0243. The lowest BCUT2D eigenvalue weighted by molar-refractivity contribution is -0.143. The molecule has 0 aromatic heterocycles. The summed E-state index contributed by atoms with van der Waals surface area (Å²) in [5.41, 5.74) is 0. The molecule has 2 atom stereocenters. The van der Waals surface area contributed by atoms with E-state index in [1.807, 2.05) is 0 Å². The second-order valence-corrected chi connectivity index (χ2v) is 27.0. The molecule has 0 aromatic rings. The average Bonchev–Trinajstić information content (AvgIpc) is 3.53. The Kier molecular flexibility index (Phi) is 72.8. The molecule has 500 valence electrons. The molecule has 0 saturated heterocycles. The summed E-state index contributed by atoms with van der Waals surface area (Å²) >= 11 is 0. The number of hydrogen-bond acceptors (Lipinski definition) is 5. The van der Waals surface area contributed by atoms with Gasteiger partial charge in [-0.1, -0.05) is 398 Å². The molecular formula is C78H153NO5. The van der Waals surface area contributed by atoms with Crippen LogP contribution in [0.25, 0.3) is 0 Å². The van der Waals surface area contributed by atoms with Crippen molar-refractivity contribution in [3.8, 4) is 0 Å². The molecule has 1 amide bonds. The van der Waals surface area contributed by atoms with Crippen molar-refractivity contribution < 1.29 is 24.5 Å². The number of rotatable bonds is 74. The number of aliphatic hydroxyl groups excluding tert-OH is 2. The normalized spacial score (nSPS) is 12.5. The molecule has 0 fully saturated rings. The van der Waals surface area contributed by atoms with E-state index in [2.05, 4.69) is 31.3 Å². The quantitative estimate of drug-likeness (QED) is 0.0320. The molecule has 0 spiro atoms. The molecule has 0 saturated carbocycles. The highest BCUT2D eigenvalue weighted by atomic mass is 16.5. The van der Waals surface area contributed by atoms with Gasteiger partial charge in [0.15, 0.2) is 0 Å². The second kappa shape index (κ2) is 74.1. The van der Waals surface area contributed by atoms with Gasteiger partial charge in [-0.25, -0.2) is 0 Å². The number of aliphatic hydroxyl groups is 2. The Bertz CT molecular complexity index is 1270. The van der Waals surface area contributed by atoms with Crippen LogP contribution in [0.15, 0.2) is 12.2 Å². The standard InChI is InChI=1S/C78H153NO5/c1-3-5-7-9-11-13-15-17-19-39-43-46-50-54-58-62-66-70-76(81)75(74-80)79-77(82)71-67-63-59-55-51-47-44-40-37-35-33-31-29-27-25-23-21-20-22-24-26-28-30-32-34-36-38-41-45-49-53-57-61-65-69-73-84-78(83)72-68-64-60-56-52-48-42-18-16-14-12-10-8-6-4-2/h22,24,75-76,80-81H,3-21,23,25-74H2,1-2H3,(H,79,82)/b24-22-. The van der Waals surface area contributed by atoms with Crippen LogP contribution in [-0.2, 0) is 14.3 Å². The number of hydrogen-bond donors (Lipinski definition) is 3. The van der Waals surface area contributed by atoms with Crippen LogP contribution in [0.1, 0.15) is 450 Å². The predicted molar refractivity (Wildman–Crippen MR) is 370 cm³/mol. The summed E-state index contributed by atoms with van der Waals surface area (Å²) < 4.78 is 5.51. The first kappa shape index (κ1) is 82.6. The summed E-state index contributed by atoms with van der Waals surface area (Å²) in [6.45, 7) is 5.01. The van der Waals surface area contributed by atoms with Crippen LogP contribution in [0.2, 0.25) is 0 Å². The molecule has 0 aliphatic carbocycles. The molecule has 6 nitrogen and oxygen atoms in total. The van der Waals surface area contributed by atoms with E-state index in [-0.39, 0.29) is 18.5 Å². The first-order valence-corrected chi connectivity index (χ1v) is 38.9. The van der Waals surface area contributed by atoms with Gasteiger partial charge in [-0.2, -0.15) is 0 Å². The first-order valence-electron chi connectivity index (χ1n) is 38.9. The maximum absolute atomic E-state index is 12.5. The molecule has 6 heteroatoms. The van der Waals surface area contributed by atoms with Crippen molar-refractivity contribution in [2.24, 2.45) is 0 Å². The third-order valence-electron chi connectivity index (χ3n) is 18.6. The minimum Gasteiger partial charge on any atom is -0.466 e. The average molecular weight is 1190 g/mol. The van der Waals surface area contributed by atoms with E-state index in [0.29, 0.717) is 25.9 Å². The highest BCUT2D eigenvalue weighted by Crippen LogP contribution is 2.20. The minimum atomic E-state index is -0.661. The van der Waals surface area contributed by atoms with Gasteiger partial charge in [-0.05, 0) is 51.4 Å². The molecule has 84 heavy (non-hydrogen) atoms. The zero-order valence-electron chi connectivity index (χ0n) is 57.4. The summed E-state index contributed by atoms with van der Waals surface area (Å²) in [6.07, 6.45) is 93.0. The fourth-order valence-corrected chi connectivity index (χ4v) is 12.6. The summed E-state index contributed by atoms with van der Waals surface area (Å²) in [5, 5.41) is 23.4. The number of carbonyl (C=O) groups is 2. The molecule has 2 unspecified atom stereocenters. The van der Waals surface area contributed by atoms with Gasteiger partial charge in [0.25, 0.3) is 0 Å². The monoisotopic (exact) mass is 1180 g/mol. The number of allylic oxidation sites excluding steroid dienone is 2. The first-order chi connectivity index (χ1) is 41.5. The van der Waals surface area contributed by atoms with Crippen LogP contribution >= 0.6 is 0 Å². The van der Waals surface area contributed by atoms with Crippen molar-refractivity contribution in [1.82, 2.24) is 5.32 Å². The van der Waals surface area contributed by atoms with E-state index < -0.39 is 12.1 Å². The van der Waals surface area contributed by atoms with Gasteiger partial charge >= 0.3 is 5.97 Å². The number of ether oxygens (including phenoxy) is 1. The number of unbranched alkanes of at least 4 members (excludes halogenated alkanes) is 61. The highest BCUT2D eigenvalue weighted by molar-refractivity contribution is 5.76. The summed E-state index contributed by atoms with van der Waals surface area (Å²) in [7, 11) is 0. The van der Waals surface area contributed by atoms with Crippen molar-refractivity contribution >= 4 is 11.9 Å². The fourth-order valence-electron chi connectivity index (χ4n) is 12.6. The van der Waals surface area contributed by atoms with Crippen molar-refractivity contribution in [2.75, 3.05) is 13.2 Å². The van der Waals surface area contributed by atoms with E-state index in [1.165, 1.54) is 379 Å². The van der Waals surface area contributed by atoms with Gasteiger partial charge in [0, 0.05) is 12.8 Å². The Morgan fingerprint density at radius 3 is 0.845 bits per heavy atom. The van der Waals surface area contributed by atoms with E-state index in [1.54, 1.807) is 0 Å². The van der Waals surface area contributed by atoms with Crippen LogP contribution in [0.4, 0.5) is 0 Å². The maximum atomic E-state index is 12.5. The van der Waals surface area contributed by atoms with Gasteiger partial charge < -0.3 is 20.3 Å². The molecule has 0 aliphatic heterocycles. The zero-order chi connectivity index (χ0) is 60.6. The molecule has 3 N–H and O–H groups in total. The second-order valence-electron chi connectivity index (χ2n) is 27.0. The maximum Gasteiger partial charge on any atom is 0.305 e. The van der Waals surface area contributed by atoms with Crippen LogP contribution < -0.4 is 5.32 Å². The number of nitrogens with one attached hydrogen (secondary N) is 1. The molecular weight excluding hydrogens is 1030 g/mol. The van der Waals surface area contributed by atoms with Crippen molar-refractivity contribution in [2.45, 2.75) is 463 Å². The predicted octanol–water partition coefficient (Wildman–Crippen LogP) is 25.5. The number of carbonyl (C=O) groups excluding carboxylic acids is 2. The summed E-state index contributed by atoms with van der Waals surface area (Å²) in [6, 6.07) is -0.538. The van der Waals surface area contributed by atoms with Gasteiger partial charge in [-0.3, -0.25) is 9.59 Å². The third-order valence-corrected chi connectivity index (χ3v) is 18.6. The number of esters is 1. The molecule has 0 rings (SSSR count). The van der Waals surface area contributed by atoms with Crippen LogP contribution in [0.5, 0.6) is 0 Å². The largest absolute Gasteiger partial charge is 0.466 e. The van der Waals surface area contributed by atoms with Gasteiger partial charge in [0.2, 0.25) is 5.91 Å².